The lowest BCUT2D eigenvalue weighted by molar-refractivity contribution is 0.0833. The van der Waals surface area contributed by atoms with Crippen LogP contribution in [-0.2, 0) is 0 Å². The van der Waals surface area contributed by atoms with Crippen LogP contribution in [0.25, 0.3) is 0 Å². The summed E-state index contributed by atoms with van der Waals surface area (Å²) in [6, 6.07) is 0.335. The minimum atomic E-state index is -0.194. The molecule has 3 atom stereocenters. The average Bonchev–Trinajstić information content (AvgIpc) is 2.50. The number of likely N-dealkylation sites (tertiary alicyclic amines) is 1. The van der Waals surface area contributed by atoms with Crippen molar-refractivity contribution >= 4 is 0 Å². The molecule has 0 saturated carbocycles. The average molecular weight is 171 g/mol. The Morgan fingerprint density at radius 1 is 1.50 bits per heavy atom. The molecule has 72 valence electrons. The second kappa shape index (κ2) is 4.24. The molecule has 1 aliphatic rings. The van der Waals surface area contributed by atoms with Crippen molar-refractivity contribution < 1.29 is 5.11 Å². The molecule has 1 rings (SSSR count). The van der Waals surface area contributed by atoms with Gasteiger partial charge in [-0.15, -0.1) is 0 Å². The van der Waals surface area contributed by atoms with Crippen molar-refractivity contribution in [1.82, 2.24) is 4.90 Å². The van der Waals surface area contributed by atoms with Crippen LogP contribution in [0.3, 0.4) is 0 Å². The number of hydrogen-bond acceptors (Lipinski definition) is 2. The highest BCUT2D eigenvalue weighted by atomic mass is 16.3. The van der Waals surface area contributed by atoms with Crippen LogP contribution in [-0.4, -0.2) is 35.2 Å². The third kappa shape index (κ3) is 2.20. The molecule has 2 nitrogen and oxygen atoms in total. The van der Waals surface area contributed by atoms with Crippen LogP contribution in [0, 0.1) is 5.92 Å². The highest BCUT2D eigenvalue weighted by Crippen LogP contribution is 2.21. The SMILES string of the molecule is CCC1CCN(C(C)C(C)O)C1. The molecule has 1 saturated heterocycles. The van der Waals surface area contributed by atoms with E-state index in [1.165, 1.54) is 25.9 Å². The minimum Gasteiger partial charge on any atom is -0.392 e. The quantitative estimate of drug-likeness (QED) is 0.695. The van der Waals surface area contributed by atoms with Gasteiger partial charge >= 0.3 is 0 Å². The Hall–Kier alpha value is -0.0800. The summed E-state index contributed by atoms with van der Waals surface area (Å²) in [5, 5.41) is 9.40. The number of aliphatic hydroxyl groups excluding tert-OH is 1. The van der Waals surface area contributed by atoms with Gasteiger partial charge in [-0.25, -0.2) is 0 Å². The topological polar surface area (TPSA) is 23.5 Å². The molecule has 0 aromatic rings. The van der Waals surface area contributed by atoms with Gasteiger partial charge in [0.15, 0.2) is 0 Å². The maximum atomic E-state index is 9.40. The van der Waals surface area contributed by atoms with Gasteiger partial charge in [-0.1, -0.05) is 13.3 Å². The molecule has 3 unspecified atom stereocenters. The largest absolute Gasteiger partial charge is 0.392 e. The van der Waals surface area contributed by atoms with Crippen LogP contribution < -0.4 is 0 Å². The van der Waals surface area contributed by atoms with E-state index in [9.17, 15) is 5.11 Å². The molecule has 0 amide bonds. The zero-order chi connectivity index (χ0) is 9.14. The van der Waals surface area contributed by atoms with Crippen molar-refractivity contribution in [3.8, 4) is 0 Å². The maximum Gasteiger partial charge on any atom is 0.0664 e. The molecule has 0 radical (unpaired) electrons. The first-order valence-corrected chi connectivity index (χ1v) is 5.07. The van der Waals surface area contributed by atoms with Gasteiger partial charge < -0.3 is 5.11 Å². The summed E-state index contributed by atoms with van der Waals surface area (Å²) in [7, 11) is 0. The Balaban J connectivity index is 2.35. The van der Waals surface area contributed by atoms with Crippen LogP contribution in [0.15, 0.2) is 0 Å². The highest BCUT2D eigenvalue weighted by molar-refractivity contribution is 4.80. The fraction of sp³-hybridized carbons (Fsp3) is 1.00. The molecular formula is C10H21NO. The van der Waals surface area contributed by atoms with E-state index in [2.05, 4.69) is 18.7 Å². The Bertz CT molecular complexity index is 136. The Morgan fingerprint density at radius 2 is 2.17 bits per heavy atom. The minimum absolute atomic E-state index is 0.194. The smallest absolute Gasteiger partial charge is 0.0664 e. The van der Waals surface area contributed by atoms with Gasteiger partial charge in [-0.05, 0) is 32.7 Å². The monoisotopic (exact) mass is 171 g/mol. The highest BCUT2D eigenvalue weighted by Gasteiger charge is 2.26. The summed E-state index contributed by atoms with van der Waals surface area (Å²) in [5.41, 5.74) is 0. The third-order valence-corrected chi connectivity index (χ3v) is 3.17. The first-order chi connectivity index (χ1) is 5.65. The van der Waals surface area contributed by atoms with Crippen molar-refractivity contribution in [3.05, 3.63) is 0 Å². The molecule has 1 aliphatic heterocycles. The normalized spacial score (nSPS) is 30.5. The fourth-order valence-corrected chi connectivity index (χ4v) is 1.87. The zero-order valence-electron chi connectivity index (χ0n) is 8.45. The number of rotatable bonds is 3. The second-order valence-electron chi connectivity index (χ2n) is 4.04. The summed E-state index contributed by atoms with van der Waals surface area (Å²) in [5.74, 6) is 0.867. The molecule has 0 spiro atoms. The van der Waals surface area contributed by atoms with Gasteiger partial charge in [0.1, 0.15) is 0 Å². The van der Waals surface area contributed by atoms with Crippen LogP contribution >= 0.6 is 0 Å². The van der Waals surface area contributed by atoms with Gasteiger partial charge in [0.05, 0.1) is 6.10 Å². The van der Waals surface area contributed by atoms with Crippen LogP contribution in [0.2, 0.25) is 0 Å². The summed E-state index contributed by atoms with van der Waals surface area (Å²) >= 11 is 0. The van der Waals surface area contributed by atoms with Gasteiger partial charge in [0.2, 0.25) is 0 Å². The predicted octanol–water partition coefficient (Wildman–Crippen LogP) is 1.49. The summed E-state index contributed by atoms with van der Waals surface area (Å²) in [4.78, 5) is 2.40. The molecule has 2 heteroatoms. The van der Waals surface area contributed by atoms with Gasteiger partial charge in [-0.2, -0.15) is 0 Å². The van der Waals surface area contributed by atoms with Crippen LogP contribution in [0.4, 0.5) is 0 Å². The summed E-state index contributed by atoms with van der Waals surface area (Å²) < 4.78 is 0. The van der Waals surface area contributed by atoms with Gasteiger partial charge in [-0.3, -0.25) is 4.90 Å². The van der Waals surface area contributed by atoms with Crippen molar-refractivity contribution in [2.24, 2.45) is 5.92 Å². The van der Waals surface area contributed by atoms with E-state index in [1.54, 1.807) is 0 Å². The Morgan fingerprint density at radius 3 is 2.58 bits per heavy atom. The maximum absolute atomic E-state index is 9.40. The molecular weight excluding hydrogens is 150 g/mol. The van der Waals surface area contributed by atoms with E-state index in [0.717, 1.165) is 5.92 Å². The van der Waals surface area contributed by atoms with Crippen molar-refractivity contribution in [3.63, 3.8) is 0 Å². The van der Waals surface area contributed by atoms with E-state index in [-0.39, 0.29) is 6.10 Å². The molecule has 0 bridgehead atoms. The fourth-order valence-electron chi connectivity index (χ4n) is 1.87. The van der Waals surface area contributed by atoms with Crippen molar-refractivity contribution in [2.45, 2.75) is 45.8 Å². The van der Waals surface area contributed by atoms with Crippen LogP contribution in [0.1, 0.15) is 33.6 Å². The van der Waals surface area contributed by atoms with E-state index in [1.807, 2.05) is 6.92 Å². The number of aliphatic hydroxyl groups is 1. The molecule has 12 heavy (non-hydrogen) atoms. The second-order valence-corrected chi connectivity index (χ2v) is 4.04. The third-order valence-electron chi connectivity index (χ3n) is 3.17. The lowest BCUT2D eigenvalue weighted by atomic mass is 10.1. The zero-order valence-corrected chi connectivity index (χ0v) is 8.45. The Labute approximate surface area is 75.6 Å². The van der Waals surface area contributed by atoms with Crippen molar-refractivity contribution in [2.75, 3.05) is 13.1 Å². The lowest BCUT2D eigenvalue weighted by Gasteiger charge is -2.26. The van der Waals surface area contributed by atoms with E-state index in [4.69, 9.17) is 0 Å². The van der Waals surface area contributed by atoms with E-state index >= 15 is 0 Å². The lowest BCUT2D eigenvalue weighted by Crippen LogP contribution is -2.38. The van der Waals surface area contributed by atoms with Gasteiger partial charge in [0, 0.05) is 12.6 Å². The molecule has 0 aromatic carbocycles. The number of hydrogen-bond donors (Lipinski definition) is 1. The molecule has 0 aromatic heterocycles. The number of nitrogens with zero attached hydrogens (tertiary/aromatic N) is 1. The van der Waals surface area contributed by atoms with Crippen molar-refractivity contribution in [1.29, 1.82) is 0 Å². The molecule has 0 aliphatic carbocycles. The standard InChI is InChI=1S/C10H21NO/c1-4-10-5-6-11(7-10)8(2)9(3)12/h8-10,12H,4-7H2,1-3H3. The predicted molar refractivity (Wildman–Crippen MR) is 51.1 cm³/mol. The molecule has 1 N–H and O–H groups in total. The first-order valence-electron chi connectivity index (χ1n) is 5.07. The van der Waals surface area contributed by atoms with Gasteiger partial charge in [0.25, 0.3) is 0 Å². The summed E-state index contributed by atoms with van der Waals surface area (Å²) in [6.45, 7) is 8.60. The molecule has 1 heterocycles. The summed E-state index contributed by atoms with van der Waals surface area (Å²) in [6.07, 6.45) is 2.40. The Kier molecular flexibility index (Phi) is 3.53. The van der Waals surface area contributed by atoms with E-state index in [0.29, 0.717) is 6.04 Å². The van der Waals surface area contributed by atoms with Crippen LogP contribution in [0.5, 0.6) is 0 Å². The first kappa shape index (κ1) is 10.0. The van der Waals surface area contributed by atoms with E-state index < -0.39 is 0 Å². The molecule has 1 fully saturated rings.